The summed E-state index contributed by atoms with van der Waals surface area (Å²) < 4.78 is 0. The molecule has 20 heavy (non-hydrogen) atoms. The van der Waals surface area contributed by atoms with Crippen LogP contribution < -0.4 is 10.6 Å². The average Bonchev–Trinajstić information content (AvgIpc) is 2.42. The maximum Gasteiger partial charge on any atom is 0.225 e. The average molecular weight is 276 g/mol. The van der Waals surface area contributed by atoms with Gasteiger partial charge in [0.25, 0.3) is 0 Å². The Labute approximate surface area is 120 Å². The molecule has 3 unspecified atom stereocenters. The van der Waals surface area contributed by atoms with Gasteiger partial charge in [-0.25, -0.2) is 0 Å². The Morgan fingerprint density at radius 3 is 2.70 bits per heavy atom. The van der Waals surface area contributed by atoms with Crippen molar-refractivity contribution in [3.63, 3.8) is 0 Å². The number of nitrogens with one attached hydrogen (secondary N) is 2. The second kappa shape index (κ2) is 7.41. The van der Waals surface area contributed by atoms with Gasteiger partial charge in [-0.3, -0.25) is 4.79 Å². The number of aliphatic hydroxyl groups excluding tert-OH is 1. The zero-order chi connectivity index (χ0) is 14.4. The SMILES string of the molecule is CC(CC(=O)Nc1ccccc1)NC1CCCCC1O. The van der Waals surface area contributed by atoms with Crippen LogP contribution in [0.4, 0.5) is 5.69 Å². The molecule has 0 spiro atoms. The maximum atomic E-state index is 11.9. The van der Waals surface area contributed by atoms with Crippen LogP contribution in [-0.4, -0.2) is 29.2 Å². The summed E-state index contributed by atoms with van der Waals surface area (Å²) in [5.74, 6) is 0.00139. The summed E-state index contributed by atoms with van der Waals surface area (Å²) in [6.45, 7) is 1.99. The fourth-order valence-corrected chi connectivity index (χ4v) is 2.74. The molecule has 0 aliphatic heterocycles. The van der Waals surface area contributed by atoms with Crippen LogP contribution in [0.15, 0.2) is 30.3 Å². The number of anilines is 1. The molecule has 2 rings (SSSR count). The maximum absolute atomic E-state index is 11.9. The number of amides is 1. The van der Waals surface area contributed by atoms with E-state index in [1.165, 1.54) is 0 Å². The molecule has 0 saturated heterocycles. The van der Waals surface area contributed by atoms with E-state index in [4.69, 9.17) is 0 Å². The van der Waals surface area contributed by atoms with Gasteiger partial charge in [0.1, 0.15) is 0 Å². The highest BCUT2D eigenvalue weighted by Crippen LogP contribution is 2.19. The third-order valence-corrected chi connectivity index (χ3v) is 3.78. The number of para-hydroxylation sites is 1. The van der Waals surface area contributed by atoms with Gasteiger partial charge in [0.15, 0.2) is 0 Å². The van der Waals surface area contributed by atoms with Gasteiger partial charge in [-0.15, -0.1) is 0 Å². The Kier molecular flexibility index (Phi) is 5.56. The van der Waals surface area contributed by atoms with Gasteiger partial charge in [0.2, 0.25) is 5.91 Å². The van der Waals surface area contributed by atoms with E-state index >= 15 is 0 Å². The highest BCUT2D eigenvalue weighted by Gasteiger charge is 2.24. The number of carbonyl (C=O) groups excluding carboxylic acids is 1. The molecule has 4 nitrogen and oxygen atoms in total. The van der Waals surface area contributed by atoms with Crippen LogP contribution in [0.1, 0.15) is 39.0 Å². The molecule has 3 N–H and O–H groups in total. The predicted molar refractivity (Wildman–Crippen MR) is 80.5 cm³/mol. The quantitative estimate of drug-likeness (QED) is 0.773. The summed E-state index contributed by atoms with van der Waals surface area (Å²) in [6.07, 6.45) is 4.24. The summed E-state index contributed by atoms with van der Waals surface area (Å²) in [6, 6.07) is 9.66. The third kappa shape index (κ3) is 4.62. The molecule has 0 aromatic heterocycles. The molecule has 1 saturated carbocycles. The van der Waals surface area contributed by atoms with E-state index in [-0.39, 0.29) is 24.1 Å². The summed E-state index contributed by atoms with van der Waals surface area (Å²) in [5.41, 5.74) is 0.822. The molecule has 0 heterocycles. The molecule has 0 bridgehead atoms. The molecule has 1 aliphatic carbocycles. The number of carbonyl (C=O) groups is 1. The number of rotatable bonds is 5. The van der Waals surface area contributed by atoms with Gasteiger partial charge in [0, 0.05) is 24.2 Å². The van der Waals surface area contributed by atoms with Crippen molar-refractivity contribution >= 4 is 11.6 Å². The minimum absolute atomic E-state index is 0.00139. The largest absolute Gasteiger partial charge is 0.392 e. The standard InChI is InChI=1S/C16H24N2O2/c1-12(17-14-9-5-6-10-15(14)19)11-16(20)18-13-7-3-2-4-8-13/h2-4,7-8,12,14-15,17,19H,5-6,9-11H2,1H3,(H,18,20). The van der Waals surface area contributed by atoms with Crippen molar-refractivity contribution in [2.75, 3.05) is 5.32 Å². The van der Waals surface area contributed by atoms with Crippen molar-refractivity contribution in [1.29, 1.82) is 0 Å². The molecule has 1 aliphatic rings. The van der Waals surface area contributed by atoms with E-state index in [0.717, 1.165) is 31.4 Å². The third-order valence-electron chi connectivity index (χ3n) is 3.78. The lowest BCUT2D eigenvalue weighted by Crippen LogP contribution is -2.47. The van der Waals surface area contributed by atoms with E-state index in [1.54, 1.807) is 0 Å². The van der Waals surface area contributed by atoms with Crippen LogP contribution in [0.3, 0.4) is 0 Å². The lowest BCUT2D eigenvalue weighted by molar-refractivity contribution is -0.116. The van der Waals surface area contributed by atoms with Gasteiger partial charge in [-0.2, -0.15) is 0 Å². The first-order chi connectivity index (χ1) is 9.65. The second-order valence-electron chi connectivity index (χ2n) is 5.64. The fourth-order valence-electron chi connectivity index (χ4n) is 2.74. The molecule has 0 radical (unpaired) electrons. The van der Waals surface area contributed by atoms with Gasteiger partial charge in [-0.05, 0) is 31.9 Å². The Morgan fingerprint density at radius 1 is 1.30 bits per heavy atom. The lowest BCUT2D eigenvalue weighted by Gasteiger charge is -2.31. The first-order valence-electron chi connectivity index (χ1n) is 7.44. The van der Waals surface area contributed by atoms with Crippen molar-refractivity contribution in [2.24, 2.45) is 0 Å². The molecule has 1 aromatic carbocycles. The summed E-state index contributed by atoms with van der Waals surface area (Å²) in [5, 5.41) is 16.2. The minimum atomic E-state index is -0.275. The van der Waals surface area contributed by atoms with Crippen LogP contribution in [0.2, 0.25) is 0 Å². The van der Waals surface area contributed by atoms with E-state index < -0.39 is 0 Å². The topological polar surface area (TPSA) is 61.4 Å². The number of benzene rings is 1. The van der Waals surface area contributed by atoms with Crippen LogP contribution in [0, 0.1) is 0 Å². The van der Waals surface area contributed by atoms with Gasteiger partial charge in [0.05, 0.1) is 6.10 Å². The minimum Gasteiger partial charge on any atom is -0.392 e. The first-order valence-corrected chi connectivity index (χ1v) is 7.44. The second-order valence-corrected chi connectivity index (χ2v) is 5.64. The molecule has 1 fully saturated rings. The molecular formula is C16H24N2O2. The van der Waals surface area contributed by atoms with Crippen LogP contribution in [0.25, 0.3) is 0 Å². The van der Waals surface area contributed by atoms with Crippen molar-refractivity contribution in [3.05, 3.63) is 30.3 Å². The van der Waals surface area contributed by atoms with Crippen molar-refractivity contribution < 1.29 is 9.90 Å². The highest BCUT2D eigenvalue weighted by atomic mass is 16.3. The molecular weight excluding hydrogens is 252 g/mol. The molecule has 110 valence electrons. The summed E-state index contributed by atoms with van der Waals surface area (Å²) in [7, 11) is 0. The fraction of sp³-hybridized carbons (Fsp3) is 0.562. The van der Waals surface area contributed by atoms with E-state index in [1.807, 2.05) is 37.3 Å². The lowest BCUT2D eigenvalue weighted by atomic mass is 9.92. The van der Waals surface area contributed by atoms with E-state index in [9.17, 15) is 9.90 Å². The predicted octanol–water partition coefficient (Wildman–Crippen LogP) is 2.30. The molecule has 1 aromatic rings. The Hall–Kier alpha value is -1.39. The molecule has 4 heteroatoms. The monoisotopic (exact) mass is 276 g/mol. The summed E-state index contributed by atoms with van der Waals surface area (Å²) in [4.78, 5) is 11.9. The number of hydrogen-bond acceptors (Lipinski definition) is 3. The van der Waals surface area contributed by atoms with Crippen LogP contribution in [-0.2, 0) is 4.79 Å². The van der Waals surface area contributed by atoms with Crippen molar-refractivity contribution in [3.8, 4) is 0 Å². The van der Waals surface area contributed by atoms with Crippen molar-refractivity contribution in [2.45, 2.75) is 57.2 Å². The number of hydrogen-bond donors (Lipinski definition) is 3. The Bertz CT molecular complexity index is 422. The molecule has 1 amide bonds. The van der Waals surface area contributed by atoms with Crippen molar-refractivity contribution in [1.82, 2.24) is 5.32 Å². The van der Waals surface area contributed by atoms with Crippen LogP contribution >= 0.6 is 0 Å². The van der Waals surface area contributed by atoms with E-state index in [0.29, 0.717) is 6.42 Å². The smallest absolute Gasteiger partial charge is 0.225 e. The first kappa shape index (κ1) is 15.0. The van der Waals surface area contributed by atoms with Gasteiger partial charge < -0.3 is 15.7 Å². The highest BCUT2D eigenvalue weighted by molar-refractivity contribution is 5.90. The zero-order valence-corrected chi connectivity index (χ0v) is 12.0. The Balaban J connectivity index is 1.76. The Morgan fingerprint density at radius 2 is 2.00 bits per heavy atom. The van der Waals surface area contributed by atoms with Gasteiger partial charge >= 0.3 is 0 Å². The van der Waals surface area contributed by atoms with Crippen LogP contribution in [0.5, 0.6) is 0 Å². The van der Waals surface area contributed by atoms with Gasteiger partial charge in [-0.1, -0.05) is 31.0 Å². The zero-order valence-electron chi connectivity index (χ0n) is 12.0. The molecule has 3 atom stereocenters. The summed E-state index contributed by atoms with van der Waals surface area (Å²) >= 11 is 0. The van der Waals surface area contributed by atoms with E-state index in [2.05, 4.69) is 10.6 Å². The normalized spacial score (nSPS) is 24.1. The number of aliphatic hydroxyl groups is 1.